The molecule has 1 aliphatic heterocycles. The Bertz CT molecular complexity index is 772. The maximum Gasteiger partial charge on any atom is 0.224 e. The van der Waals surface area contributed by atoms with Crippen molar-refractivity contribution >= 4 is 23.2 Å². The van der Waals surface area contributed by atoms with Crippen molar-refractivity contribution in [3.05, 3.63) is 57.5 Å². The number of benzene rings is 1. The molecule has 0 radical (unpaired) electrons. The van der Waals surface area contributed by atoms with E-state index in [-0.39, 0.29) is 11.7 Å². The Morgan fingerprint density at radius 3 is 2.85 bits per heavy atom. The second kappa shape index (κ2) is 8.80. The van der Waals surface area contributed by atoms with Gasteiger partial charge in [0.25, 0.3) is 0 Å². The Balaban J connectivity index is 1.40. The minimum atomic E-state index is -0.248. The summed E-state index contributed by atoms with van der Waals surface area (Å²) in [6, 6.07) is 8.44. The van der Waals surface area contributed by atoms with Gasteiger partial charge in [0.05, 0.1) is 0 Å². The number of hydrogen-bond donors (Lipinski definition) is 2. The van der Waals surface area contributed by atoms with Crippen molar-refractivity contribution in [3.8, 4) is 0 Å². The predicted molar refractivity (Wildman–Crippen MR) is 103 cm³/mol. The van der Waals surface area contributed by atoms with Crippen LogP contribution in [0.25, 0.3) is 0 Å². The number of halogens is 1. The molecule has 1 aliphatic rings. The number of fused-ring (bicyclic) bond motifs is 1. The highest BCUT2D eigenvalue weighted by atomic mass is 32.1. The van der Waals surface area contributed by atoms with Crippen molar-refractivity contribution < 1.29 is 9.18 Å². The number of thiophene rings is 1. The number of hydrogen-bond acceptors (Lipinski definition) is 3. The first-order valence-corrected chi connectivity index (χ1v) is 9.55. The first kappa shape index (κ1) is 18.4. The monoisotopic (exact) mass is 374 g/mol. The summed E-state index contributed by atoms with van der Waals surface area (Å²) in [5.74, 6) is 0.534. The first-order valence-electron chi connectivity index (χ1n) is 8.67. The Kier molecular flexibility index (Phi) is 6.22. The van der Waals surface area contributed by atoms with Crippen LogP contribution in [-0.2, 0) is 24.3 Å². The minimum absolute atomic E-state index is 0.156. The first-order chi connectivity index (χ1) is 12.7. The average molecular weight is 374 g/mol. The van der Waals surface area contributed by atoms with Gasteiger partial charge in [0, 0.05) is 44.5 Å². The largest absolute Gasteiger partial charge is 0.356 e. The molecule has 0 unspecified atom stereocenters. The van der Waals surface area contributed by atoms with Crippen LogP contribution in [0.5, 0.6) is 0 Å². The molecular weight excluding hydrogens is 351 g/mol. The molecule has 0 saturated heterocycles. The van der Waals surface area contributed by atoms with Gasteiger partial charge >= 0.3 is 0 Å². The van der Waals surface area contributed by atoms with Crippen LogP contribution in [0.3, 0.4) is 0 Å². The van der Waals surface area contributed by atoms with Gasteiger partial charge in [-0.1, -0.05) is 12.1 Å². The van der Waals surface area contributed by atoms with Gasteiger partial charge in [-0.15, -0.1) is 11.3 Å². The van der Waals surface area contributed by atoms with E-state index in [2.05, 4.69) is 27.1 Å². The van der Waals surface area contributed by atoms with Gasteiger partial charge in [0.1, 0.15) is 5.82 Å². The van der Waals surface area contributed by atoms with Crippen LogP contribution in [0, 0.1) is 5.82 Å². The lowest BCUT2D eigenvalue weighted by atomic mass is 10.1. The number of nitrogens with zero attached hydrogens (tertiary/aromatic N) is 2. The number of guanidine groups is 1. The van der Waals surface area contributed by atoms with Crippen LogP contribution in [0.1, 0.15) is 22.4 Å². The number of carbonyl (C=O) groups excluding carboxylic acids is 1. The van der Waals surface area contributed by atoms with Crippen LogP contribution in [0.15, 0.2) is 40.7 Å². The van der Waals surface area contributed by atoms with E-state index in [1.54, 1.807) is 30.5 Å². The number of rotatable bonds is 5. The fraction of sp³-hybridized carbons (Fsp3) is 0.368. The van der Waals surface area contributed by atoms with E-state index in [9.17, 15) is 9.18 Å². The Morgan fingerprint density at radius 2 is 2.08 bits per heavy atom. The molecule has 5 nitrogen and oxygen atoms in total. The van der Waals surface area contributed by atoms with E-state index in [4.69, 9.17) is 0 Å². The van der Waals surface area contributed by atoms with E-state index in [1.807, 2.05) is 4.90 Å². The fourth-order valence-corrected chi connectivity index (χ4v) is 3.81. The van der Waals surface area contributed by atoms with Crippen molar-refractivity contribution in [2.45, 2.75) is 25.9 Å². The molecular formula is C19H23FN4OS. The SMILES string of the molecule is CN=C(NCCC(=O)N1CCc2sccc2C1)NCc1ccc(F)cc1. The maximum absolute atomic E-state index is 12.9. The normalized spacial score (nSPS) is 14.1. The summed E-state index contributed by atoms with van der Waals surface area (Å²) in [6.45, 7) is 2.58. The van der Waals surface area contributed by atoms with Gasteiger partial charge in [0.2, 0.25) is 5.91 Å². The van der Waals surface area contributed by atoms with E-state index >= 15 is 0 Å². The molecule has 1 amide bonds. The van der Waals surface area contributed by atoms with Crippen LogP contribution >= 0.6 is 11.3 Å². The number of aliphatic imine (C=N–C) groups is 1. The zero-order valence-electron chi connectivity index (χ0n) is 14.8. The van der Waals surface area contributed by atoms with E-state index < -0.39 is 0 Å². The minimum Gasteiger partial charge on any atom is -0.356 e. The predicted octanol–water partition coefficient (Wildman–Crippen LogP) is 2.53. The third kappa shape index (κ3) is 4.82. The molecule has 0 saturated carbocycles. The molecule has 0 atom stereocenters. The molecule has 7 heteroatoms. The second-order valence-electron chi connectivity index (χ2n) is 6.16. The number of carbonyl (C=O) groups is 1. The third-order valence-corrected chi connectivity index (χ3v) is 5.41. The highest BCUT2D eigenvalue weighted by Crippen LogP contribution is 2.24. The highest BCUT2D eigenvalue weighted by Gasteiger charge is 2.20. The van der Waals surface area contributed by atoms with Crippen molar-refractivity contribution in [3.63, 3.8) is 0 Å². The Hall–Kier alpha value is -2.41. The summed E-state index contributed by atoms with van der Waals surface area (Å²) in [6.07, 6.45) is 1.38. The van der Waals surface area contributed by atoms with Crippen molar-refractivity contribution in [2.75, 3.05) is 20.1 Å². The van der Waals surface area contributed by atoms with Gasteiger partial charge in [-0.2, -0.15) is 0 Å². The van der Waals surface area contributed by atoms with Crippen LogP contribution in [0.2, 0.25) is 0 Å². The lowest BCUT2D eigenvalue weighted by Gasteiger charge is -2.27. The quantitative estimate of drug-likeness (QED) is 0.625. The van der Waals surface area contributed by atoms with Gasteiger partial charge in [0.15, 0.2) is 5.96 Å². The smallest absolute Gasteiger partial charge is 0.224 e. The summed E-state index contributed by atoms with van der Waals surface area (Å²) < 4.78 is 12.9. The highest BCUT2D eigenvalue weighted by molar-refractivity contribution is 7.10. The fourth-order valence-electron chi connectivity index (χ4n) is 2.92. The van der Waals surface area contributed by atoms with E-state index in [1.165, 1.54) is 22.6 Å². The topological polar surface area (TPSA) is 56.7 Å². The maximum atomic E-state index is 12.9. The van der Waals surface area contributed by atoms with Crippen molar-refractivity contribution in [2.24, 2.45) is 4.99 Å². The summed E-state index contributed by atoms with van der Waals surface area (Å²) in [7, 11) is 1.69. The van der Waals surface area contributed by atoms with Gasteiger partial charge in [-0.05, 0) is 41.1 Å². The average Bonchev–Trinajstić information content (AvgIpc) is 3.13. The summed E-state index contributed by atoms with van der Waals surface area (Å²) in [5.41, 5.74) is 2.24. The molecule has 0 bridgehead atoms. The molecule has 2 heterocycles. The van der Waals surface area contributed by atoms with Gasteiger partial charge in [-0.3, -0.25) is 9.79 Å². The second-order valence-corrected chi connectivity index (χ2v) is 7.16. The molecule has 1 aromatic heterocycles. The van der Waals surface area contributed by atoms with Gasteiger partial charge in [-0.25, -0.2) is 4.39 Å². The molecule has 0 aliphatic carbocycles. The summed E-state index contributed by atoms with van der Waals surface area (Å²) in [4.78, 5) is 19.9. The van der Waals surface area contributed by atoms with Crippen LogP contribution < -0.4 is 10.6 Å². The standard InChI is InChI=1S/C19H23FN4OS/c1-21-19(23-12-14-2-4-16(20)5-3-14)22-9-6-18(25)24-10-7-17-15(13-24)8-11-26-17/h2-5,8,11H,6-7,9-10,12-13H2,1H3,(H2,21,22,23). The molecule has 0 spiro atoms. The Labute approximate surface area is 156 Å². The van der Waals surface area contributed by atoms with Crippen LogP contribution in [0.4, 0.5) is 4.39 Å². The third-order valence-electron chi connectivity index (χ3n) is 4.39. The Morgan fingerprint density at radius 1 is 1.27 bits per heavy atom. The van der Waals surface area contributed by atoms with Crippen molar-refractivity contribution in [1.29, 1.82) is 0 Å². The molecule has 3 rings (SSSR count). The molecule has 138 valence electrons. The lowest BCUT2D eigenvalue weighted by Crippen LogP contribution is -2.40. The zero-order chi connectivity index (χ0) is 18.4. The van der Waals surface area contributed by atoms with Crippen LogP contribution in [-0.4, -0.2) is 36.9 Å². The van der Waals surface area contributed by atoms with Crippen molar-refractivity contribution in [1.82, 2.24) is 15.5 Å². The molecule has 2 N–H and O–H groups in total. The summed E-state index contributed by atoms with van der Waals surface area (Å²) >= 11 is 1.77. The van der Waals surface area contributed by atoms with E-state index in [0.29, 0.717) is 25.5 Å². The number of amides is 1. The van der Waals surface area contributed by atoms with Gasteiger partial charge < -0.3 is 15.5 Å². The lowest BCUT2D eigenvalue weighted by molar-refractivity contribution is -0.131. The number of nitrogens with one attached hydrogen (secondary N) is 2. The summed E-state index contributed by atoms with van der Waals surface area (Å²) in [5, 5.41) is 8.41. The molecule has 26 heavy (non-hydrogen) atoms. The molecule has 0 fully saturated rings. The molecule has 2 aromatic rings. The molecule has 1 aromatic carbocycles. The van der Waals surface area contributed by atoms with E-state index in [0.717, 1.165) is 25.1 Å². The zero-order valence-corrected chi connectivity index (χ0v) is 15.6.